The van der Waals surface area contributed by atoms with Gasteiger partial charge in [-0.3, -0.25) is 4.72 Å². The highest BCUT2D eigenvalue weighted by Gasteiger charge is 2.16. The number of anilines is 1. The quantitative estimate of drug-likeness (QED) is 0.907. The van der Waals surface area contributed by atoms with E-state index in [0.717, 1.165) is 22.4 Å². The average molecular weight is 305 g/mol. The molecule has 1 heterocycles. The van der Waals surface area contributed by atoms with Gasteiger partial charge in [-0.2, -0.15) is 0 Å². The standard InChI is InChI=1S/C15H19N3O2S/c1-10-6-12(3)17-15(7-10)18-21(19,20)14-5-4-13(9-16)11(2)8-14/h4-8H,9,16H2,1-3H3,(H,17,18). The molecular weight excluding hydrogens is 286 g/mol. The van der Waals surface area contributed by atoms with Gasteiger partial charge in [-0.15, -0.1) is 0 Å². The smallest absolute Gasteiger partial charge is 0.263 e. The minimum atomic E-state index is -3.65. The van der Waals surface area contributed by atoms with E-state index in [1.54, 1.807) is 24.3 Å². The van der Waals surface area contributed by atoms with Gasteiger partial charge in [-0.25, -0.2) is 13.4 Å². The Morgan fingerprint density at radius 2 is 1.86 bits per heavy atom. The molecule has 0 bridgehead atoms. The number of hydrogen-bond donors (Lipinski definition) is 2. The van der Waals surface area contributed by atoms with Crippen molar-refractivity contribution in [2.24, 2.45) is 5.73 Å². The van der Waals surface area contributed by atoms with Crippen molar-refractivity contribution in [3.05, 3.63) is 52.7 Å². The minimum absolute atomic E-state index is 0.207. The summed E-state index contributed by atoms with van der Waals surface area (Å²) in [6.07, 6.45) is 0. The number of nitrogens with zero attached hydrogens (tertiary/aromatic N) is 1. The second kappa shape index (κ2) is 5.83. The summed E-state index contributed by atoms with van der Waals surface area (Å²) in [5, 5.41) is 0. The Bertz CT molecular complexity index is 750. The maximum absolute atomic E-state index is 12.4. The molecule has 0 saturated heterocycles. The maximum atomic E-state index is 12.4. The number of aryl methyl sites for hydroxylation is 3. The molecular formula is C15H19N3O2S. The van der Waals surface area contributed by atoms with Crippen molar-refractivity contribution in [2.45, 2.75) is 32.2 Å². The van der Waals surface area contributed by atoms with Gasteiger partial charge in [0.05, 0.1) is 4.90 Å². The van der Waals surface area contributed by atoms with Crippen molar-refractivity contribution in [3.63, 3.8) is 0 Å². The molecule has 6 heteroatoms. The van der Waals surface area contributed by atoms with Crippen LogP contribution in [-0.2, 0) is 16.6 Å². The lowest BCUT2D eigenvalue weighted by molar-refractivity contribution is 0.601. The zero-order valence-electron chi connectivity index (χ0n) is 12.3. The Morgan fingerprint density at radius 1 is 1.14 bits per heavy atom. The first-order valence-corrected chi connectivity index (χ1v) is 8.08. The molecule has 0 amide bonds. The fraction of sp³-hybridized carbons (Fsp3) is 0.267. The maximum Gasteiger partial charge on any atom is 0.263 e. The predicted octanol–water partition coefficient (Wildman–Crippen LogP) is 2.27. The van der Waals surface area contributed by atoms with Gasteiger partial charge in [-0.05, 0) is 61.7 Å². The Morgan fingerprint density at radius 3 is 2.43 bits per heavy atom. The number of hydrogen-bond acceptors (Lipinski definition) is 4. The Kier molecular flexibility index (Phi) is 4.29. The van der Waals surface area contributed by atoms with Crippen LogP contribution in [0.2, 0.25) is 0 Å². The molecule has 0 aliphatic carbocycles. The zero-order chi connectivity index (χ0) is 15.6. The Labute approximate surface area is 125 Å². The van der Waals surface area contributed by atoms with Crippen LogP contribution in [0, 0.1) is 20.8 Å². The summed E-state index contributed by atoms with van der Waals surface area (Å²) >= 11 is 0. The van der Waals surface area contributed by atoms with E-state index in [1.165, 1.54) is 0 Å². The van der Waals surface area contributed by atoms with E-state index in [-0.39, 0.29) is 4.90 Å². The molecule has 5 nitrogen and oxygen atoms in total. The molecule has 0 radical (unpaired) electrons. The summed E-state index contributed by atoms with van der Waals surface area (Å²) in [5.41, 5.74) is 9.10. The summed E-state index contributed by atoms with van der Waals surface area (Å²) in [6, 6.07) is 8.50. The Balaban J connectivity index is 2.36. The summed E-state index contributed by atoms with van der Waals surface area (Å²) < 4.78 is 27.3. The second-order valence-corrected chi connectivity index (χ2v) is 6.75. The average Bonchev–Trinajstić information content (AvgIpc) is 2.36. The molecule has 0 unspecified atom stereocenters. The summed E-state index contributed by atoms with van der Waals surface area (Å²) in [6.45, 7) is 5.95. The highest BCUT2D eigenvalue weighted by molar-refractivity contribution is 7.92. The number of pyridine rings is 1. The van der Waals surface area contributed by atoms with Crippen LogP contribution in [-0.4, -0.2) is 13.4 Å². The van der Waals surface area contributed by atoms with Gasteiger partial charge in [-0.1, -0.05) is 6.07 Å². The molecule has 21 heavy (non-hydrogen) atoms. The lowest BCUT2D eigenvalue weighted by Gasteiger charge is -2.11. The number of nitrogens with two attached hydrogens (primary N) is 1. The van der Waals surface area contributed by atoms with Crippen LogP contribution < -0.4 is 10.5 Å². The first kappa shape index (κ1) is 15.5. The third-order valence-electron chi connectivity index (χ3n) is 3.18. The molecule has 2 rings (SSSR count). The van der Waals surface area contributed by atoms with Crippen molar-refractivity contribution in [1.29, 1.82) is 0 Å². The van der Waals surface area contributed by atoms with E-state index in [0.29, 0.717) is 12.4 Å². The van der Waals surface area contributed by atoms with Crippen molar-refractivity contribution in [3.8, 4) is 0 Å². The van der Waals surface area contributed by atoms with Gasteiger partial charge >= 0.3 is 0 Å². The van der Waals surface area contributed by atoms with Gasteiger partial charge in [0.1, 0.15) is 5.82 Å². The molecule has 1 aromatic carbocycles. The van der Waals surface area contributed by atoms with Crippen molar-refractivity contribution < 1.29 is 8.42 Å². The van der Waals surface area contributed by atoms with Gasteiger partial charge in [0.2, 0.25) is 0 Å². The molecule has 0 aliphatic rings. The van der Waals surface area contributed by atoms with Crippen LogP contribution >= 0.6 is 0 Å². The largest absolute Gasteiger partial charge is 0.326 e. The molecule has 1 aromatic heterocycles. The van der Waals surface area contributed by atoms with Crippen molar-refractivity contribution >= 4 is 15.8 Å². The fourth-order valence-electron chi connectivity index (χ4n) is 2.15. The van der Waals surface area contributed by atoms with E-state index in [4.69, 9.17) is 5.73 Å². The summed E-state index contributed by atoms with van der Waals surface area (Å²) in [4.78, 5) is 4.40. The van der Waals surface area contributed by atoms with E-state index >= 15 is 0 Å². The predicted molar refractivity (Wildman–Crippen MR) is 83.6 cm³/mol. The lowest BCUT2D eigenvalue weighted by atomic mass is 10.1. The SMILES string of the molecule is Cc1cc(C)nc(NS(=O)(=O)c2ccc(CN)c(C)c2)c1. The third kappa shape index (κ3) is 3.59. The van der Waals surface area contributed by atoms with Gasteiger partial charge in [0, 0.05) is 12.2 Å². The van der Waals surface area contributed by atoms with Crippen LogP contribution in [0.3, 0.4) is 0 Å². The van der Waals surface area contributed by atoms with Gasteiger partial charge in [0.15, 0.2) is 0 Å². The van der Waals surface area contributed by atoms with E-state index < -0.39 is 10.0 Å². The lowest BCUT2D eigenvalue weighted by Crippen LogP contribution is -2.15. The molecule has 2 aromatic rings. The van der Waals surface area contributed by atoms with E-state index in [1.807, 2.05) is 26.8 Å². The molecule has 0 atom stereocenters. The highest BCUT2D eigenvalue weighted by Crippen LogP contribution is 2.19. The number of nitrogens with one attached hydrogen (secondary N) is 1. The zero-order valence-corrected chi connectivity index (χ0v) is 13.2. The summed E-state index contributed by atoms with van der Waals surface area (Å²) in [5.74, 6) is 0.327. The van der Waals surface area contributed by atoms with Gasteiger partial charge < -0.3 is 5.73 Å². The molecule has 112 valence electrons. The number of rotatable bonds is 4. The van der Waals surface area contributed by atoms with E-state index in [2.05, 4.69) is 9.71 Å². The van der Waals surface area contributed by atoms with Crippen LogP contribution in [0.5, 0.6) is 0 Å². The van der Waals surface area contributed by atoms with Crippen LogP contribution in [0.25, 0.3) is 0 Å². The van der Waals surface area contributed by atoms with Crippen molar-refractivity contribution in [1.82, 2.24) is 4.98 Å². The molecule has 0 fully saturated rings. The first-order chi connectivity index (χ1) is 9.81. The number of sulfonamides is 1. The molecule has 0 spiro atoms. The third-order valence-corrected chi connectivity index (χ3v) is 4.53. The van der Waals surface area contributed by atoms with Gasteiger partial charge in [0.25, 0.3) is 10.0 Å². The molecule has 3 N–H and O–H groups in total. The number of benzene rings is 1. The molecule has 0 aliphatic heterocycles. The highest BCUT2D eigenvalue weighted by atomic mass is 32.2. The Hall–Kier alpha value is -1.92. The fourth-order valence-corrected chi connectivity index (χ4v) is 3.23. The topological polar surface area (TPSA) is 85.1 Å². The first-order valence-electron chi connectivity index (χ1n) is 6.59. The van der Waals surface area contributed by atoms with Crippen LogP contribution in [0.15, 0.2) is 35.2 Å². The van der Waals surface area contributed by atoms with Crippen LogP contribution in [0.1, 0.15) is 22.4 Å². The minimum Gasteiger partial charge on any atom is -0.326 e. The van der Waals surface area contributed by atoms with E-state index in [9.17, 15) is 8.42 Å². The summed E-state index contributed by atoms with van der Waals surface area (Å²) in [7, 11) is -3.65. The monoisotopic (exact) mass is 305 g/mol. The van der Waals surface area contributed by atoms with Crippen molar-refractivity contribution in [2.75, 3.05) is 4.72 Å². The molecule has 0 saturated carbocycles. The van der Waals surface area contributed by atoms with Crippen LogP contribution in [0.4, 0.5) is 5.82 Å². The normalized spacial score (nSPS) is 11.4. The number of aromatic nitrogens is 1. The second-order valence-electron chi connectivity index (χ2n) is 5.07.